The molecule has 0 unspecified atom stereocenters. The number of thiophene rings is 1. The molecule has 16 heavy (non-hydrogen) atoms. The van der Waals surface area contributed by atoms with E-state index in [0.717, 1.165) is 4.88 Å². The average molecular weight is 251 g/mol. The molecule has 0 aliphatic rings. The zero-order valence-electron chi connectivity index (χ0n) is 8.36. The summed E-state index contributed by atoms with van der Waals surface area (Å²) in [4.78, 5) is 9.23. The van der Waals surface area contributed by atoms with Crippen molar-refractivity contribution >= 4 is 28.8 Å². The van der Waals surface area contributed by atoms with E-state index in [9.17, 15) is 0 Å². The summed E-state index contributed by atoms with van der Waals surface area (Å²) in [7, 11) is 1.74. The summed E-state index contributed by atoms with van der Waals surface area (Å²) in [6.07, 6.45) is 0. The Morgan fingerprint density at radius 3 is 2.81 bits per heavy atom. The van der Waals surface area contributed by atoms with Gasteiger partial charge >= 0.3 is 0 Å². The van der Waals surface area contributed by atoms with Crippen LogP contribution in [0.5, 0.6) is 0 Å². The highest BCUT2D eigenvalue weighted by Crippen LogP contribution is 2.29. The highest BCUT2D eigenvalue weighted by atomic mass is 35.5. The Labute approximate surface area is 102 Å². The second-order valence-corrected chi connectivity index (χ2v) is 4.64. The van der Waals surface area contributed by atoms with Gasteiger partial charge in [0.1, 0.15) is 17.6 Å². The summed E-state index contributed by atoms with van der Waals surface area (Å²) in [5, 5.41) is 11.7. The number of anilines is 1. The largest absolute Gasteiger partial charge is 0.373 e. The second kappa shape index (κ2) is 4.47. The van der Waals surface area contributed by atoms with Gasteiger partial charge in [-0.25, -0.2) is 9.97 Å². The van der Waals surface area contributed by atoms with E-state index in [-0.39, 0.29) is 0 Å². The van der Waals surface area contributed by atoms with Crippen molar-refractivity contribution in [3.8, 4) is 16.8 Å². The molecule has 0 atom stereocenters. The molecule has 0 spiro atoms. The van der Waals surface area contributed by atoms with E-state index in [1.165, 1.54) is 11.3 Å². The van der Waals surface area contributed by atoms with Gasteiger partial charge < -0.3 is 5.32 Å². The summed E-state index contributed by atoms with van der Waals surface area (Å²) in [6.45, 7) is 0. The number of hydrogen-bond donors (Lipinski definition) is 1. The van der Waals surface area contributed by atoms with Crippen LogP contribution in [-0.2, 0) is 0 Å². The molecule has 80 valence electrons. The van der Waals surface area contributed by atoms with Crippen molar-refractivity contribution < 1.29 is 0 Å². The van der Waals surface area contributed by atoms with Crippen LogP contribution in [0.1, 0.15) is 5.69 Å². The van der Waals surface area contributed by atoms with Gasteiger partial charge in [0.15, 0.2) is 5.82 Å². The van der Waals surface area contributed by atoms with Gasteiger partial charge in [0.05, 0.1) is 9.21 Å². The molecule has 2 aromatic heterocycles. The Bertz CT molecular complexity index is 558. The molecule has 0 aliphatic carbocycles. The first-order valence-electron chi connectivity index (χ1n) is 4.45. The molecule has 0 aliphatic heterocycles. The van der Waals surface area contributed by atoms with Gasteiger partial charge in [-0.05, 0) is 12.1 Å². The predicted molar refractivity (Wildman–Crippen MR) is 64.6 cm³/mol. The molecule has 0 saturated carbocycles. The van der Waals surface area contributed by atoms with Crippen LogP contribution in [-0.4, -0.2) is 17.0 Å². The highest BCUT2D eigenvalue weighted by Gasteiger charge is 2.08. The van der Waals surface area contributed by atoms with Crippen LogP contribution < -0.4 is 5.32 Å². The lowest BCUT2D eigenvalue weighted by Gasteiger charge is -2.01. The molecular formula is C10H7ClN4S. The van der Waals surface area contributed by atoms with Crippen LogP contribution in [0.15, 0.2) is 18.2 Å². The maximum Gasteiger partial charge on any atom is 0.172 e. The number of rotatable bonds is 2. The SMILES string of the molecule is CNc1cc(C#N)nc(-c2ccc(Cl)s2)n1. The van der Waals surface area contributed by atoms with Crippen molar-refractivity contribution in [1.29, 1.82) is 5.26 Å². The minimum atomic E-state index is 0.332. The second-order valence-electron chi connectivity index (χ2n) is 2.93. The standard InChI is InChI=1S/C10H7ClN4S/c1-13-9-4-6(5-12)14-10(15-9)7-2-3-8(11)16-7/h2-4H,1H3,(H,13,14,15). The number of halogens is 1. The summed E-state index contributed by atoms with van der Waals surface area (Å²) >= 11 is 7.22. The van der Waals surface area contributed by atoms with E-state index in [1.54, 1.807) is 19.2 Å². The van der Waals surface area contributed by atoms with Crippen LogP contribution in [0, 0.1) is 11.3 Å². The van der Waals surface area contributed by atoms with E-state index in [1.807, 2.05) is 12.1 Å². The van der Waals surface area contributed by atoms with Crippen LogP contribution in [0.25, 0.3) is 10.7 Å². The molecule has 2 heterocycles. The normalized spacial score (nSPS) is 9.81. The maximum absolute atomic E-state index is 8.84. The van der Waals surface area contributed by atoms with Crippen molar-refractivity contribution in [3.05, 3.63) is 28.2 Å². The molecule has 0 fully saturated rings. The Balaban J connectivity index is 2.52. The number of hydrogen-bond acceptors (Lipinski definition) is 5. The van der Waals surface area contributed by atoms with Crippen molar-refractivity contribution in [3.63, 3.8) is 0 Å². The lowest BCUT2D eigenvalue weighted by atomic mass is 10.3. The quantitative estimate of drug-likeness (QED) is 0.890. The zero-order chi connectivity index (χ0) is 11.5. The minimum absolute atomic E-state index is 0.332. The van der Waals surface area contributed by atoms with Gasteiger partial charge in [-0.3, -0.25) is 0 Å². The molecule has 0 radical (unpaired) electrons. The number of aromatic nitrogens is 2. The number of nitriles is 1. The zero-order valence-corrected chi connectivity index (χ0v) is 9.93. The Kier molecular flexibility index (Phi) is 3.04. The van der Waals surface area contributed by atoms with Crippen molar-refractivity contribution in [2.75, 3.05) is 12.4 Å². The first kappa shape index (κ1) is 10.9. The van der Waals surface area contributed by atoms with Crippen LogP contribution in [0.3, 0.4) is 0 Å². The van der Waals surface area contributed by atoms with Crippen LogP contribution in [0.2, 0.25) is 4.34 Å². The van der Waals surface area contributed by atoms with Crippen molar-refractivity contribution in [2.45, 2.75) is 0 Å². The molecule has 0 saturated heterocycles. The lowest BCUT2D eigenvalue weighted by Crippen LogP contribution is -1.97. The fourth-order valence-electron chi connectivity index (χ4n) is 1.18. The van der Waals surface area contributed by atoms with E-state index >= 15 is 0 Å². The van der Waals surface area contributed by atoms with Gasteiger partial charge in [0, 0.05) is 13.1 Å². The molecule has 2 rings (SSSR count). The van der Waals surface area contributed by atoms with Crippen LogP contribution >= 0.6 is 22.9 Å². The maximum atomic E-state index is 8.84. The van der Waals surface area contributed by atoms with Crippen LogP contribution in [0.4, 0.5) is 5.82 Å². The Hall–Kier alpha value is -1.64. The predicted octanol–water partition coefficient (Wildman–Crippen LogP) is 2.77. The minimum Gasteiger partial charge on any atom is -0.373 e. The monoisotopic (exact) mass is 250 g/mol. The fraction of sp³-hybridized carbons (Fsp3) is 0.100. The summed E-state index contributed by atoms with van der Waals surface area (Å²) in [5.41, 5.74) is 0.332. The average Bonchev–Trinajstić information content (AvgIpc) is 2.75. The highest BCUT2D eigenvalue weighted by molar-refractivity contribution is 7.19. The molecule has 0 bridgehead atoms. The number of nitrogens with zero attached hydrogens (tertiary/aromatic N) is 3. The van der Waals surface area contributed by atoms with E-state index in [2.05, 4.69) is 15.3 Å². The molecule has 2 aromatic rings. The Morgan fingerprint density at radius 2 is 2.25 bits per heavy atom. The van der Waals surface area contributed by atoms with Gasteiger partial charge in [0.25, 0.3) is 0 Å². The third kappa shape index (κ3) is 2.13. The fourth-order valence-corrected chi connectivity index (χ4v) is 2.15. The topological polar surface area (TPSA) is 61.6 Å². The first-order chi connectivity index (χ1) is 7.72. The van der Waals surface area contributed by atoms with Crippen molar-refractivity contribution in [1.82, 2.24) is 9.97 Å². The van der Waals surface area contributed by atoms with Gasteiger partial charge in [-0.15, -0.1) is 11.3 Å². The first-order valence-corrected chi connectivity index (χ1v) is 5.65. The number of nitrogens with one attached hydrogen (secondary N) is 1. The van der Waals surface area contributed by atoms with Gasteiger partial charge in [-0.1, -0.05) is 11.6 Å². The molecule has 0 aromatic carbocycles. The molecule has 6 heteroatoms. The Morgan fingerprint density at radius 1 is 1.44 bits per heavy atom. The smallest absolute Gasteiger partial charge is 0.172 e. The molecule has 0 amide bonds. The third-order valence-corrected chi connectivity index (χ3v) is 3.12. The van der Waals surface area contributed by atoms with Gasteiger partial charge in [-0.2, -0.15) is 5.26 Å². The summed E-state index contributed by atoms with van der Waals surface area (Å²) in [5.74, 6) is 1.13. The van der Waals surface area contributed by atoms with E-state index in [0.29, 0.717) is 21.7 Å². The third-order valence-electron chi connectivity index (χ3n) is 1.89. The molecule has 4 nitrogen and oxygen atoms in total. The summed E-state index contributed by atoms with van der Waals surface area (Å²) < 4.78 is 0.673. The molecule has 1 N–H and O–H groups in total. The van der Waals surface area contributed by atoms with E-state index in [4.69, 9.17) is 16.9 Å². The van der Waals surface area contributed by atoms with Gasteiger partial charge in [0.2, 0.25) is 0 Å². The lowest BCUT2D eigenvalue weighted by molar-refractivity contribution is 1.15. The van der Waals surface area contributed by atoms with E-state index < -0.39 is 0 Å². The van der Waals surface area contributed by atoms with Crippen molar-refractivity contribution in [2.24, 2.45) is 0 Å². The summed E-state index contributed by atoms with van der Waals surface area (Å²) in [6, 6.07) is 7.21. The molecular weight excluding hydrogens is 244 g/mol.